The maximum absolute atomic E-state index is 12.4. The number of urea groups is 1. The molecule has 4 atom stereocenters. The summed E-state index contributed by atoms with van der Waals surface area (Å²) in [5, 5.41) is 8.39. The van der Waals surface area contributed by atoms with Crippen molar-refractivity contribution in [3.05, 3.63) is 54.1 Å². The highest BCUT2D eigenvalue weighted by atomic mass is 16.6. The minimum atomic E-state index is -0.600. The van der Waals surface area contributed by atoms with E-state index in [2.05, 4.69) is 29.8 Å². The molecule has 0 radical (unpaired) electrons. The Labute approximate surface area is 192 Å². The lowest BCUT2D eigenvalue weighted by Crippen LogP contribution is -2.46. The topological polar surface area (TPSA) is 107 Å². The van der Waals surface area contributed by atoms with Crippen molar-refractivity contribution in [1.29, 1.82) is 0 Å². The molecule has 2 aliphatic rings. The van der Waals surface area contributed by atoms with Crippen LogP contribution < -0.4 is 20.7 Å². The zero-order chi connectivity index (χ0) is 23.4. The van der Waals surface area contributed by atoms with Crippen LogP contribution >= 0.6 is 0 Å². The average Bonchev–Trinajstić information content (AvgIpc) is 3.38. The van der Waals surface area contributed by atoms with Gasteiger partial charge in [-0.25, -0.2) is 9.59 Å². The van der Waals surface area contributed by atoms with Crippen LogP contribution in [0.25, 0.3) is 0 Å². The largest absolute Gasteiger partial charge is 0.497 e. The fraction of sp³-hybridized carbons (Fsp3) is 0.417. The fourth-order valence-electron chi connectivity index (χ4n) is 3.94. The van der Waals surface area contributed by atoms with E-state index in [-0.39, 0.29) is 25.3 Å². The van der Waals surface area contributed by atoms with Crippen molar-refractivity contribution in [2.75, 3.05) is 31.0 Å². The number of amides is 3. The second-order valence-electron chi connectivity index (χ2n) is 8.37. The summed E-state index contributed by atoms with van der Waals surface area (Å²) in [6, 6.07) is 14.0. The van der Waals surface area contributed by atoms with Crippen LogP contribution in [-0.2, 0) is 14.2 Å². The van der Waals surface area contributed by atoms with Gasteiger partial charge in [0.15, 0.2) is 6.10 Å². The van der Waals surface area contributed by atoms with E-state index in [1.54, 1.807) is 31.4 Å². The summed E-state index contributed by atoms with van der Waals surface area (Å²) in [6.45, 7) is 4.71. The SMILES string of the molecule is COc1ccc(NC(=O)O[C@@H]2CO[C@H]3[C@@H]2OC[C@@H]3NC(=O)Nc2ccc(C(C)C)cc2)cc1. The first kappa shape index (κ1) is 22.9. The fourth-order valence-corrected chi connectivity index (χ4v) is 3.94. The molecule has 9 nitrogen and oxygen atoms in total. The van der Waals surface area contributed by atoms with Crippen LogP contribution in [0.4, 0.5) is 21.0 Å². The molecule has 2 saturated heterocycles. The molecule has 0 aliphatic carbocycles. The van der Waals surface area contributed by atoms with Crippen molar-refractivity contribution in [3.8, 4) is 5.75 Å². The average molecular weight is 456 g/mol. The van der Waals surface area contributed by atoms with Crippen LogP contribution in [0.1, 0.15) is 25.3 Å². The van der Waals surface area contributed by atoms with Crippen LogP contribution in [0.15, 0.2) is 48.5 Å². The molecule has 2 aliphatic heterocycles. The van der Waals surface area contributed by atoms with Gasteiger partial charge in [0.05, 0.1) is 26.4 Å². The molecule has 4 rings (SSSR count). The van der Waals surface area contributed by atoms with Gasteiger partial charge in [-0.2, -0.15) is 0 Å². The van der Waals surface area contributed by atoms with Crippen LogP contribution in [0.2, 0.25) is 0 Å². The molecule has 2 heterocycles. The molecular weight excluding hydrogens is 426 g/mol. The Kier molecular flexibility index (Phi) is 7.00. The summed E-state index contributed by atoms with van der Waals surface area (Å²) in [5.74, 6) is 1.11. The molecule has 0 bridgehead atoms. The highest BCUT2D eigenvalue weighted by Gasteiger charge is 2.50. The number of hydrogen-bond donors (Lipinski definition) is 3. The second-order valence-corrected chi connectivity index (χ2v) is 8.37. The second kappa shape index (κ2) is 10.1. The molecule has 9 heteroatoms. The van der Waals surface area contributed by atoms with Gasteiger partial charge < -0.3 is 29.6 Å². The summed E-state index contributed by atoms with van der Waals surface area (Å²) in [5.41, 5.74) is 2.49. The maximum atomic E-state index is 12.4. The lowest BCUT2D eigenvalue weighted by molar-refractivity contribution is 0.00873. The van der Waals surface area contributed by atoms with Gasteiger partial charge in [-0.05, 0) is 47.9 Å². The Bertz CT molecular complexity index is 963. The van der Waals surface area contributed by atoms with Gasteiger partial charge in [-0.1, -0.05) is 26.0 Å². The molecule has 0 unspecified atom stereocenters. The normalized spacial score (nSPS) is 23.6. The third kappa shape index (κ3) is 5.55. The third-order valence-corrected chi connectivity index (χ3v) is 5.75. The number of anilines is 2. The number of nitrogens with one attached hydrogen (secondary N) is 3. The standard InChI is InChI=1S/C24H29N3O6/c1-14(2)15-4-6-16(7-5-15)25-23(28)27-19-12-31-22-20(13-32-21(19)22)33-24(29)26-17-8-10-18(30-3)11-9-17/h4-11,14,19-22H,12-13H2,1-3H3,(H,26,29)(H2,25,27,28)/t19-,20+,21+,22+/m0/s1. The van der Waals surface area contributed by atoms with Gasteiger partial charge in [-0.3, -0.25) is 5.32 Å². The summed E-state index contributed by atoms with van der Waals surface area (Å²) < 4.78 is 22.2. The Morgan fingerprint density at radius 3 is 2.21 bits per heavy atom. The minimum absolute atomic E-state index is 0.196. The van der Waals surface area contributed by atoms with E-state index in [9.17, 15) is 9.59 Å². The predicted molar refractivity (Wildman–Crippen MR) is 123 cm³/mol. The van der Waals surface area contributed by atoms with E-state index in [1.807, 2.05) is 24.3 Å². The van der Waals surface area contributed by atoms with Crippen molar-refractivity contribution in [2.45, 2.75) is 44.1 Å². The van der Waals surface area contributed by atoms with Gasteiger partial charge in [0.2, 0.25) is 0 Å². The molecule has 3 N–H and O–H groups in total. The first-order valence-corrected chi connectivity index (χ1v) is 11.0. The van der Waals surface area contributed by atoms with E-state index < -0.39 is 24.4 Å². The summed E-state index contributed by atoms with van der Waals surface area (Å²) >= 11 is 0. The lowest BCUT2D eigenvalue weighted by atomic mass is 10.0. The number of benzene rings is 2. The number of ether oxygens (including phenoxy) is 4. The molecule has 0 saturated carbocycles. The zero-order valence-corrected chi connectivity index (χ0v) is 18.9. The van der Waals surface area contributed by atoms with Gasteiger partial charge in [0, 0.05) is 11.4 Å². The van der Waals surface area contributed by atoms with E-state index in [1.165, 1.54) is 5.56 Å². The Hall–Kier alpha value is -3.30. The maximum Gasteiger partial charge on any atom is 0.412 e. The number of hydrogen-bond acceptors (Lipinski definition) is 6. The summed E-state index contributed by atoms with van der Waals surface area (Å²) in [6.07, 6.45) is -2.00. The molecule has 2 fully saturated rings. The Morgan fingerprint density at radius 2 is 1.55 bits per heavy atom. The molecule has 2 aromatic carbocycles. The van der Waals surface area contributed by atoms with Gasteiger partial charge in [0.25, 0.3) is 0 Å². The number of carbonyl (C=O) groups excluding carboxylic acids is 2. The molecule has 0 spiro atoms. The highest BCUT2D eigenvalue weighted by Crippen LogP contribution is 2.29. The van der Waals surface area contributed by atoms with E-state index in [0.29, 0.717) is 23.0 Å². The van der Waals surface area contributed by atoms with Gasteiger partial charge in [-0.15, -0.1) is 0 Å². The number of methoxy groups -OCH3 is 1. The number of fused-ring (bicyclic) bond motifs is 1. The van der Waals surface area contributed by atoms with E-state index >= 15 is 0 Å². The van der Waals surface area contributed by atoms with E-state index in [4.69, 9.17) is 18.9 Å². The smallest absolute Gasteiger partial charge is 0.412 e. The molecule has 176 valence electrons. The van der Waals surface area contributed by atoms with Crippen molar-refractivity contribution in [3.63, 3.8) is 0 Å². The number of carbonyl (C=O) groups is 2. The van der Waals surface area contributed by atoms with Gasteiger partial charge in [0.1, 0.15) is 18.0 Å². The molecule has 2 aromatic rings. The Morgan fingerprint density at radius 1 is 0.909 bits per heavy atom. The van der Waals surface area contributed by atoms with Crippen LogP contribution in [0, 0.1) is 0 Å². The molecule has 33 heavy (non-hydrogen) atoms. The van der Waals surface area contributed by atoms with Crippen molar-refractivity contribution < 1.29 is 28.5 Å². The minimum Gasteiger partial charge on any atom is -0.497 e. The van der Waals surface area contributed by atoms with Crippen molar-refractivity contribution in [2.24, 2.45) is 0 Å². The highest BCUT2D eigenvalue weighted by molar-refractivity contribution is 5.89. The zero-order valence-electron chi connectivity index (χ0n) is 18.9. The first-order valence-electron chi connectivity index (χ1n) is 11.0. The summed E-state index contributed by atoms with van der Waals surface area (Å²) in [4.78, 5) is 24.7. The monoisotopic (exact) mass is 455 g/mol. The first-order chi connectivity index (χ1) is 15.9. The Balaban J connectivity index is 1.26. The molecule has 3 amide bonds. The predicted octanol–water partition coefficient (Wildman–Crippen LogP) is 3.72. The van der Waals surface area contributed by atoms with E-state index in [0.717, 1.165) is 0 Å². The van der Waals surface area contributed by atoms with Crippen LogP contribution in [-0.4, -0.2) is 56.8 Å². The quantitative estimate of drug-likeness (QED) is 0.613. The summed E-state index contributed by atoms with van der Waals surface area (Å²) in [7, 11) is 1.57. The lowest BCUT2D eigenvalue weighted by Gasteiger charge is -2.18. The third-order valence-electron chi connectivity index (χ3n) is 5.75. The van der Waals surface area contributed by atoms with Crippen molar-refractivity contribution >= 4 is 23.5 Å². The van der Waals surface area contributed by atoms with Crippen LogP contribution in [0.5, 0.6) is 5.75 Å². The molecule has 0 aromatic heterocycles. The van der Waals surface area contributed by atoms with Crippen molar-refractivity contribution in [1.82, 2.24) is 5.32 Å². The number of rotatable bonds is 6. The van der Waals surface area contributed by atoms with Crippen LogP contribution in [0.3, 0.4) is 0 Å². The van der Waals surface area contributed by atoms with Gasteiger partial charge >= 0.3 is 12.1 Å². The molecular formula is C24H29N3O6.